The fourth-order valence-electron chi connectivity index (χ4n) is 5.45. The van der Waals surface area contributed by atoms with Crippen molar-refractivity contribution in [2.45, 2.75) is 52.2 Å². The van der Waals surface area contributed by atoms with Crippen LogP contribution >= 0.6 is 0 Å². The normalized spacial score (nSPS) is 22.7. The number of hydrogen-bond acceptors (Lipinski definition) is 7. The number of Topliss-reactive ketones (excluding diaryl/α,β-unsaturated/α-hetero) is 2. The Kier molecular flexibility index (Phi) is 4.54. The van der Waals surface area contributed by atoms with Crippen LogP contribution < -0.4 is 10.2 Å². The minimum Gasteiger partial charge on any atom is -0.507 e. The quantitative estimate of drug-likeness (QED) is 0.438. The summed E-state index contributed by atoms with van der Waals surface area (Å²) in [6, 6.07) is 1.41. The molecule has 1 atom stereocenters. The van der Waals surface area contributed by atoms with E-state index in [0.29, 0.717) is 16.9 Å². The van der Waals surface area contributed by atoms with Gasteiger partial charge in [0.25, 0.3) is 0 Å². The number of carbonyl (C=O) groups is 2. The number of fused-ring (bicyclic) bond motifs is 5. The van der Waals surface area contributed by atoms with Crippen molar-refractivity contribution in [1.82, 2.24) is 0 Å². The first-order chi connectivity index (χ1) is 17.3. The van der Waals surface area contributed by atoms with E-state index in [1.54, 1.807) is 39.0 Å². The first kappa shape index (κ1) is 23.3. The molecule has 2 aliphatic heterocycles. The molecule has 37 heavy (non-hydrogen) atoms. The first-order valence-electron chi connectivity index (χ1n) is 12.2. The van der Waals surface area contributed by atoms with E-state index in [4.69, 9.17) is 13.9 Å². The van der Waals surface area contributed by atoms with Gasteiger partial charge in [0.2, 0.25) is 11.6 Å². The molecule has 2 aliphatic carbocycles. The summed E-state index contributed by atoms with van der Waals surface area (Å²) >= 11 is 0. The zero-order valence-corrected chi connectivity index (χ0v) is 21.3. The lowest BCUT2D eigenvalue weighted by atomic mass is 9.71. The fraction of sp³-hybridized carbons (Fsp3) is 0.300. The number of phenolic OH excluding ortho intramolecular Hbond substituents is 1. The monoisotopic (exact) mass is 498 g/mol. The van der Waals surface area contributed by atoms with Crippen LogP contribution in [0, 0.1) is 5.92 Å². The Balaban J connectivity index is 1.67. The van der Waals surface area contributed by atoms with Gasteiger partial charge in [-0.15, -0.1) is 0 Å². The second kappa shape index (κ2) is 7.22. The molecule has 0 spiro atoms. The molecule has 3 heterocycles. The predicted molar refractivity (Wildman–Crippen MR) is 138 cm³/mol. The van der Waals surface area contributed by atoms with Crippen LogP contribution in [0.4, 0.5) is 0 Å². The van der Waals surface area contributed by atoms with Crippen molar-refractivity contribution in [3.8, 4) is 11.5 Å². The molecular formula is C30H26O7. The van der Waals surface area contributed by atoms with Crippen molar-refractivity contribution in [2.75, 3.05) is 0 Å². The standard InChI is InChI=1S/C30H26O7/c1-13(2)16-11-17-24(33)21-18(31)12-19-14(7-9-29(3,4)36-19)26(21)35-27(17)22-20(16)25(34)28-15(23(22)32)8-10-30(5,6)37-28/h7-10,12,16,31H,1,11H2,2-6H3. The zero-order chi connectivity index (χ0) is 26.6. The van der Waals surface area contributed by atoms with E-state index in [-0.39, 0.29) is 56.9 Å². The molecule has 7 heteroatoms. The van der Waals surface area contributed by atoms with Crippen molar-refractivity contribution in [1.29, 1.82) is 0 Å². The number of hydrogen-bond donors (Lipinski definition) is 1. The molecule has 1 aromatic carbocycles. The number of ketones is 2. The van der Waals surface area contributed by atoms with Crippen LogP contribution in [0.15, 0.2) is 62.6 Å². The topological polar surface area (TPSA) is 103 Å². The van der Waals surface area contributed by atoms with E-state index in [2.05, 4.69) is 6.58 Å². The van der Waals surface area contributed by atoms with E-state index >= 15 is 0 Å². The summed E-state index contributed by atoms with van der Waals surface area (Å²) in [7, 11) is 0. The Hall–Kier alpha value is -4.13. The molecule has 188 valence electrons. The van der Waals surface area contributed by atoms with Gasteiger partial charge in [0.15, 0.2) is 16.8 Å². The maximum atomic E-state index is 13.9. The van der Waals surface area contributed by atoms with Crippen molar-refractivity contribution in [3.63, 3.8) is 0 Å². The summed E-state index contributed by atoms with van der Waals surface area (Å²) in [4.78, 5) is 41.5. The molecule has 0 saturated carbocycles. The van der Waals surface area contributed by atoms with E-state index < -0.39 is 34.1 Å². The maximum absolute atomic E-state index is 13.9. The average molecular weight is 499 g/mol. The molecule has 4 aliphatic rings. The summed E-state index contributed by atoms with van der Waals surface area (Å²) in [5, 5.41) is 10.8. The number of ether oxygens (including phenoxy) is 2. The number of allylic oxidation sites excluding steroid dienone is 5. The molecule has 1 N–H and O–H groups in total. The van der Waals surface area contributed by atoms with E-state index in [0.717, 1.165) is 0 Å². The van der Waals surface area contributed by atoms with Crippen molar-refractivity contribution in [2.24, 2.45) is 5.92 Å². The fourth-order valence-corrected chi connectivity index (χ4v) is 5.45. The first-order valence-corrected chi connectivity index (χ1v) is 12.2. The van der Waals surface area contributed by atoms with Crippen molar-refractivity contribution in [3.05, 3.63) is 80.5 Å². The number of carbonyl (C=O) groups excluding carboxylic acids is 2. The van der Waals surface area contributed by atoms with Gasteiger partial charge in [-0.1, -0.05) is 12.2 Å². The number of phenols is 1. The highest BCUT2D eigenvalue weighted by atomic mass is 16.5. The van der Waals surface area contributed by atoms with Gasteiger partial charge in [0, 0.05) is 23.1 Å². The Bertz CT molecular complexity index is 1680. The third kappa shape index (κ3) is 3.23. The van der Waals surface area contributed by atoms with Crippen molar-refractivity contribution < 1.29 is 28.6 Å². The zero-order valence-electron chi connectivity index (χ0n) is 21.3. The van der Waals surface area contributed by atoms with Gasteiger partial charge in [0.05, 0.1) is 16.7 Å². The summed E-state index contributed by atoms with van der Waals surface area (Å²) < 4.78 is 18.2. The van der Waals surface area contributed by atoms with Crippen LogP contribution in [0.3, 0.4) is 0 Å². The maximum Gasteiger partial charge on any atom is 0.225 e. The Morgan fingerprint density at radius 1 is 1.03 bits per heavy atom. The third-order valence-electron chi connectivity index (χ3n) is 7.30. The minimum atomic E-state index is -0.752. The van der Waals surface area contributed by atoms with Gasteiger partial charge >= 0.3 is 0 Å². The summed E-state index contributed by atoms with van der Waals surface area (Å²) in [6.07, 6.45) is 7.03. The lowest BCUT2D eigenvalue weighted by molar-refractivity contribution is -0.120. The summed E-state index contributed by atoms with van der Waals surface area (Å²) in [5.41, 5.74) is -0.00701. The van der Waals surface area contributed by atoms with Gasteiger partial charge in [-0.05, 0) is 65.3 Å². The van der Waals surface area contributed by atoms with Crippen LogP contribution in [0.5, 0.6) is 11.5 Å². The number of rotatable bonds is 1. The largest absolute Gasteiger partial charge is 0.507 e. The van der Waals surface area contributed by atoms with Crippen LogP contribution in [-0.4, -0.2) is 27.9 Å². The molecule has 0 amide bonds. The SMILES string of the molecule is C=C(C)C1Cc2c(oc3c4c(cc(O)c3c2=O)OC(C)(C)C=C4)C2=C1C(=O)C1=C(C=CC(C)(C)O1)C2=O. The number of benzene rings is 1. The molecule has 0 saturated heterocycles. The van der Waals surface area contributed by atoms with E-state index in [1.807, 2.05) is 19.9 Å². The van der Waals surface area contributed by atoms with Crippen molar-refractivity contribution >= 4 is 34.2 Å². The van der Waals surface area contributed by atoms with Crippen LogP contribution in [0.25, 0.3) is 22.6 Å². The Labute approximate surface area is 213 Å². The van der Waals surface area contributed by atoms with Crippen LogP contribution in [0.2, 0.25) is 0 Å². The van der Waals surface area contributed by atoms with Gasteiger partial charge in [0.1, 0.15) is 33.8 Å². The second-order valence-corrected chi connectivity index (χ2v) is 11.1. The molecule has 0 fully saturated rings. The Morgan fingerprint density at radius 3 is 2.41 bits per heavy atom. The molecule has 1 aromatic heterocycles. The highest BCUT2D eigenvalue weighted by Crippen LogP contribution is 2.47. The third-order valence-corrected chi connectivity index (χ3v) is 7.30. The lowest BCUT2D eigenvalue weighted by Crippen LogP contribution is -2.38. The van der Waals surface area contributed by atoms with Gasteiger partial charge in [-0.3, -0.25) is 14.4 Å². The Morgan fingerprint density at radius 2 is 1.70 bits per heavy atom. The molecule has 1 unspecified atom stereocenters. The van der Waals surface area contributed by atoms with Gasteiger partial charge < -0.3 is 19.0 Å². The van der Waals surface area contributed by atoms with Gasteiger partial charge in [-0.2, -0.15) is 0 Å². The second-order valence-electron chi connectivity index (χ2n) is 11.1. The van der Waals surface area contributed by atoms with Gasteiger partial charge in [-0.25, -0.2) is 0 Å². The summed E-state index contributed by atoms with van der Waals surface area (Å²) in [6.45, 7) is 13.1. The molecule has 0 radical (unpaired) electrons. The molecule has 7 nitrogen and oxygen atoms in total. The molecule has 2 aromatic rings. The molecule has 6 rings (SSSR count). The smallest absolute Gasteiger partial charge is 0.225 e. The van der Waals surface area contributed by atoms with Crippen LogP contribution in [0.1, 0.15) is 51.5 Å². The lowest BCUT2D eigenvalue weighted by Gasteiger charge is -2.36. The average Bonchev–Trinajstić information content (AvgIpc) is 2.80. The minimum absolute atomic E-state index is 0.00248. The van der Waals surface area contributed by atoms with E-state index in [1.165, 1.54) is 6.07 Å². The van der Waals surface area contributed by atoms with E-state index in [9.17, 15) is 19.5 Å². The highest BCUT2D eigenvalue weighted by molar-refractivity contribution is 6.40. The highest BCUT2D eigenvalue weighted by Gasteiger charge is 2.47. The van der Waals surface area contributed by atoms with Crippen LogP contribution in [-0.2, 0) is 20.7 Å². The number of aromatic hydroxyl groups is 1. The molecular weight excluding hydrogens is 472 g/mol. The molecule has 0 bridgehead atoms. The predicted octanol–water partition coefficient (Wildman–Crippen LogP) is 4.96. The summed E-state index contributed by atoms with van der Waals surface area (Å²) in [5.74, 6) is -1.33.